The average molecular weight is 302 g/mol. The fourth-order valence-electron chi connectivity index (χ4n) is 1.40. The maximum absolute atomic E-state index is 13.2. The number of nitrogens with one attached hydrogen (secondary N) is 1. The summed E-state index contributed by atoms with van der Waals surface area (Å²) < 4.78 is 44.4. The summed E-state index contributed by atoms with van der Waals surface area (Å²) in [7, 11) is -2.42. The summed E-state index contributed by atoms with van der Waals surface area (Å²) in [5.41, 5.74) is 6.07. The Morgan fingerprint density at radius 3 is 2.68 bits per heavy atom. The minimum absolute atomic E-state index is 0.0362. The molecule has 3 N–H and O–H groups in total. The minimum Gasteiger partial charge on any atom is -0.494 e. The van der Waals surface area contributed by atoms with E-state index in [0.717, 1.165) is 17.4 Å². The van der Waals surface area contributed by atoms with E-state index in [-0.39, 0.29) is 15.6 Å². The summed E-state index contributed by atoms with van der Waals surface area (Å²) in [6, 6.07) is 5.06. The summed E-state index contributed by atoms with van der Waals surface area (Å²) in [5, 5.41) is 1.53. The Kier molecular flexibility index (Phi) is 3.63. The Labute approximate surface area is 113 Å². The molecule has 8 heteroatoms. The van der Waals surface area contributed by atoms with E-state index in [4.69, 9.17) is 10.5 Å². The lowest BCUT2D eigenvalue weighted by Gasteiger charge is -2.08. The summed E-state index contributed by atoms with van der Waals surface area (Å²) in [5.74, 6) is -0.600. The Morgan fingerprint density at radius 1 is 1.37 bits per heavy atom. The van der Waals surface area contributed by atoms with Crippen molar-refractivity contribution in [2.24, 2.45) is 0 Å². The monoisotopic (exact) mass is 302 g/mol. The number of nitrogens with two attached hydrogens (primary N) is 1. The molecule has 0 fully saturated rings. The number of anilines is 2. The van der Waals surface area contributed by atoms with Crippen LogP contribution in [0.3, 0.4) is 0 Å². The molecule has 0 bridgehead atoms. The third kappa shape index (κ3) is 2.96. The lowest BCUT2D eigenvalue weighted by molar-refractivity contribution is 0.387. The number of hydrogen-bond acceptors (Lipinski definition) is 5. The molecular formula is C11H11FN2O3S2. The molecular weight excluding hydrogens is 291 g/mol. The highest BCUT2D eigenvalue weighted by atomic mass is 32.2. The first-order valence-electron chi connectivity index (χ1n) is 5.13. The Bertz CT molecular complexity index is 698. The molecule has 1 aromatic heterocycles. The van der Waals surface area contributed by atoms with Crippen molar-refractivity contribution in [3.63, 3.8) is 0 Å². The molecule has 0 atom stereocenters. The van der Waals surface area contributed by atoms with Crippen molar-refractivity contribution in [1.82, 2.24) is 0 Å². The van der Waals surface area contributed by atoms with E-state index in [1.54, 1.807) is 0 Å². The van der Waals surface area contributed by atoms with E-state index in [0.29, 0.717) is 5.69 Å². The van der Waals surface area contributed by atoms with E-state index >= 15 is 0 Å². The van der Waals surface area contributed by atoms with Crippen LogP contribution in [0.4, 0.5) is 15.8 Å². The second-order valence-corrected chi connectivity index (χ2v) is 6.47. The van der Waals surface area contributed by atoms with Gasteiger partial charge in [0.15, 0.2) is 11.6 Å². The van der Waals surface area contributed by atoms with E-state index in [1.807, 2.05) is 0 Å². The topological polar surface area (TPSA) is 81.4 Å². The van der Waals surface area contributed by atoms with E-state index in [1.165, 1.54) is 30.7 Å². The van der Waals surface area contributed by atoms with Gasteiger partial charge in [-0.15, -0.1) is 11.3 Å². The van der Waals surface area contributed by atoms with Crippen molar-refractivity contribution >= 4 is 32.7 Å². The van der Waals surface area contributed by atoms with Gasteiger partial charge < -0.3 is 10.5 Å². The first kappa shape index (κ1) is 13.6. The molecule has 0 saturated carbocycles. The molecule has 0 aliphatic carbocycles. The molecule has 19 heavy (non-hydrogen) atoms. The summed E-state index contributed by atoms with van der Waals surface area (Å²) in [4.78, 5) is 0. The van der Waals surface area contributed by atoms with Crippen LogP contribution in [-0.2, 0) is 10.0 Å². The van der Waals surface area contributed by atoms with Crippen LogP contribution in [0.15, 0.2) is 33.9 Å². The number of halogens is 1. The zero-order valence-corrected chi connectivity index (χ0v) is 11.5. The number of sulfonamides is 1. The van der Waals surface area contributed by atoms with Gasteiger partial charge in [0.05, 0.1) is 12.8 Å². The van der Waals surface area contributed by atoms with Crippen LogP contribution < -0.4 is 15.2 Å². The van der Waals surface area contributed by atoms with Crippen LogP contribution in [0.5, 0.6) is 5.75 Å². The predicted octanol–water partition coefficient (Wildman–Crippen LogP) is 2.28. The van der Waals surface area contributed by atoms with E-state index < -0.39 is 15.8 Å². The molecule has 1 aromatic carbocycles. The largest absolute Gasteiger partial charge is 0.494 e. The normalized spacial score (nSPS) is 11.3. The van der Waals surface area contributed by atoms with Crippen molar-refractivity contribution < 1.29 is 17.5 Å². The highest BCUT2D eigenvalue weighted by Crippen LogP contribution is 2.26. The second kappa shape index (κ2) is 5.06. The van der Waals surface area contributed by atoms with Crippen molar-refractivity contribution in [3.8, 4) is 5.75 Å². The van der Waals surface area contributed by atoms with Crippen LogP contribution in [0.1, 0.15) is 0 Å². The average Bonchev–Trinajstić information content (AvgIpc) is 2.79. The molecule has 0 aliphatic rings. The molecule has 0 radical (unpaired) electrons. The van der Waals surface area contributed by atoms with Crippen LogP contribution in [0.2, 0.25) is 0 Å². The molecule has 0 saturated heterocycles. The standard InChI is InChI=1S/C11H11FN2O3S2/c1-17-10-5-8(2-3-9(10)12)14-19(15,16)11-4-7(13)6-18-11/h2-6,14H,13H2,1H3. The lowest BCUT2D eigenvalue weighted by atomic mass is 10.3. The summed E-state index contributed by atoms with van der Waals surface area (Å²) >= 11 is 1.01. The fourth-order valence-corrected chi connectivity index (χ4v) is 3.53. The molecule has 0 spiro atoms. The van der Waals surface area contributed by atoms with Gasteiger partial charge in [-0.25, -0.2) is 12.8 Å². The third-order valence-electron chi connectivity index (χ3n) is 2.26. The van der Waals surface area contributed by atoms with Crippen LogP contribution in [0, 0.1) is 5.82 Å². The SMILES string of the molecule is COc1cc(NS(=O)(=O)c2cc(N)cs2)ccc1F. The molecule has 2 rings (SSSR count). The second-order valence-electron chi connectivity index (χ2n) is 3.65. The van der Waals surface area contributed by atoms with Gasteiger partial charge in [-0.2, -0.15) is 0 Å². The van der Waals surface area contributed by atoms with Gasteiger partial charge in [0.2, 0.25) is 0 Å². The van der Waals surface area contributed by atoms with Crippen molar-refractivity contribution in [2.45, 2.75) is 4.21 Å². The molecule has 5 nitrogen and oxygen atoms in total. The van der Waals surface area contributed by atoms with Crippen molar-refractivity contribution in [2.75, 3.05) is 17.6 Å². The first-order chi connectivity index (χ1) is 8.92. The number of ether oxygens (including phenoxy) is 1. The smallest absolute Gasteiger partial charge is 0.271 e. The number of nitrogen functional groups attached to an aromatic ring is 1. The Hall–Kier alpha value is -1.80. The van der Waals surface area contributed by atoms with Gasteiger partial charge in [-0.05, 0) is 18.2 Å². The van der Waals surface area contributed by atoms with Crippen molar-refractivity contribution in [3.05, 3.63) is 35.5 Å². The fraction of sp³-hybridized carbons (Fsp3) is 0.0909. The molecule has 2 aromatic rings. The van der Waals surface area contributed by atoms with Gasteiger partial charge in [-0.1, -0.05) is 0 Å². The third-order valence-corrected chi connectivity index (χ3v) is 5.10. The van der Waals surface area contributed by atoms with Crippen molar-refractivity contribution in [1.29, 1.82) is 0 Å². The highest BCUT2D eigenvalue weighted by Gasteiger charge is 2.17. The minimum atomic E-state index is -3.72. The molecule has 0 unspecified atom stereocenters. The molecule has 0 amide bonds. The number of hydrogen-bond donors (Lipinski definition) is 2. The Morgan fingerprint density at radius 2 is 2.11 bits per heavy atom. The maximum Gasteiger partial charge on any atom is 0.271 e. The van der Waals surface area contributed by atoms with Gasteiger partial charge >= 0.3 is 0 Å². The van der Waals surface area contributed by atoms with Crippen LogP contribution in [-0.4, -0.2) is 15.5 Å². The Balaban J connectivity index is 2.30. The number of rotatable bonds is 4. The van der Waals surface area contributed by atoms with Gasteiger partial charge in [0, 0.05) is 17.1 Å². The quantitative estimate of drug-likeness (QED) is 0.908. The summed E-state index contributed by atoms with van der Waals surface area (Å²) in [6.45, 7) is 0. The molecule has 0 aliphatic heterocycles. The van der Waals surface area contributed by atoms with Crippen LogP contribution >= 0.6 is 11.3 Å². The number of methoxy groups -OCH3 is 1. The first-order valence-corrected chi connectivity index (χ1v) is 7.49. The predicted molar refractivity (Wildman–Crippen MR) is 72.5 cm³/mol. The zero-order chi connectivity index (χ0) is 14.0. The zero-order valence-electron chi connectivity index (χ0n) is 9.88. The van der Waals surface area contributed by atoms with E-state index in [9.17, 15) is 12.8 Å². The number of benzene rings is 1. The lowest BCUT2D eigenvalue weighted by Crippen LogP contribution is -2.11. The number of thiophene rings is 1. The maximum atomic E-state index is 13.2. The molecule has 102 valence electrons. The van der Waals surface area contributed by atoms with Gasteiger partial charge in [0.1, 0.15) is 4.21 Å². The van der Waals surface area contributed by atoms with Gasteiger partial charge in [-0.3, -0.25) is 4.72 Å². The molecule has 1 heterocycles. The summed E-state index contributed by atoms with van der Waals surface area (Å²) in [6.07, 6.45) is 0. The highest BCUT2D eigenvalue weighted by molar-refractivity contribution is 7.94. The van der Waals surface area contributed by atoms with Crippen LogP contribution in [0.25, 0.3) is 0 Å². The van der Waals surface area contributed by atoms with E-state index in [2.05, 4.69) is 4.72 Å². The van der Waals surface area contributed by atoms with Gasteiger partial charge in [0.25, 0.3) is 10.0 Å².